The van der Waals surface area contributed by atoms with Gasteiger partial charge in [0.05, 0.1) is 12.5 Å². The summed E-state index contributed by atoms with van der Waals surface area (Å²) < 4.78 is 0. The largest absolute Gasteiger partial charge is 0.297 e. The van der Waals surface area contributed by atoms with Crippen molar-refractivity contribution in [3.05, 3.63) is 35.9 Å². The summed E-state index contributed by atoms with van der Waals surface area (Å²) in [6, 6.07) is 9.87. The molecule has 19 heavy (non-hydrogen) atoms. The number of carbonyl (C=O) groups is 1. The molecule has 0 aliphatic rings. The average molecular weight is 265 g/mol. The lowest BCUT2D eigenvalue weighted by Crippen LogP contribution is -2.40. The molecule has 5 nitrogen and oxygen atoms in total. The lowest BCUT2D eigenvalue weighted by molar-refractivity contribution is -0.126. The second kappa shape index (κ2) is 9.49. The van der Waals surface area contributed by atoms with E-state index in [1.807, 2.05) is 30.3 Å². The number of hydrazine groups is 1. The highest BCUT2D eigenvalue weighted by Crippen LogP contribution is 2.08. The molecule has 1 aromatic rings. The second-order valence-electron chi connectivity index (χ2n) is 4.47. The van der Waals surface area contributed by atoms with E-state index in [-0.39, 0.29) is 11.8 Å². The van der Waals surface area contributed by atoms with Crippen molar-refractivity contribution in [2.45, 2.75) is 32.8 Å². The Bertz CT molecular complexity index is 357. The molecule has 0 spiro atoms. The highest BCUT2D eigenvalue weighted by atomic mass is 16.6. The molecule has 0 radical (unpaired) electrons. The Morgan fingerprint density at radius 2 is 2.11 bits per heavy atom. The fraction of sp³-hybridized carbons (Fsp3) is 0.500. The van der Waals surface area contributed by atoms with E-state index in [1.54, 1.807) is 0 Å². The van der Waals surface area contributed by atoms with E-state index in [9.17, 15) is 4.79 Å². The molecule has 1 aromatic carbocycles. The van der Waals surface area contributed by atoms with Gasteiger partial charge < -0.3 is 0 Å². The smallest absolute Gasteiger partial charge is 0.238 e. The fourth-order valence-electron chi connectivity index (χ4n) is 1.76. The number of hydroxylamine groups is 1. The summed E-state index contributed by atoms with van der Waals surface area (Å²) in [5.74, 6) is 4.87. The Hall–Kier alpha value is -1.43. The monoisotopic (exact) mass is 265 g/mol. The Balaban J connectivity index is 2.25. The maximum atomic E-state index is 11.6. The van der Waals surface area contributed by atoms with Gasteiger partial charge in [-0.05, 0) is 12.0 Å². The second-order valence-corrected chi connectivity index (χ2v) is 4.47. The molecule has 0 saturated carbocycles. The number of benzene rings is 1. The molecule has 1 atom stereocenters. The molecule has 1 amide bonds. The number of nitrogens with one attached hydrogen (secondary N) is 2. The topological polar surface area (TPSA) is 76.4 Å². The van der Waals surface area contributed by atoms with Crippen LogP contribution in [0.2, 0.25) is 0 Å². The van der Waals surface area contributed by atoms with Crippen LogP contribution in [0.5, 0.6) is 0 Å². The molecule has 0 bridgehead atoms. The molecule has 106 valence electrons. The first-order valence-electron chi connectivity index (χ1n) is 6.67. The van der Waals surface area contributed by atoms with Gasteiger partial charge in [0.1, 0.15) is 0 Å². The van der Waals surface area contributed by atoms with E-state index in [2.05, 4.69) is 17.8 Å². The van der Waals surface area contributed by atoms with Gasteiger partial charge in [0.25, 0.3) is 0 Å². The van der Waals surface area contributed by atoms with Gasteiger partial charge in [-0.15, -0.1) is 0 Å². The zero-order valence-electron chi connectivity index (χ0n) is 11.4. The van der Waals surface area contributed by atoms with Gasteiger partial charge in [-0.2, -0.15) is 0 Å². The van der Waals surface area contributed by atoms with E-state index in [0.29, 0.717) is 13.2 Å². The van der Waals surface area contributed by atoms with Crippen LogP contribution in [0.3, 0.4) is 0 Å². The summed E-state index contributed by atoms with van der Waals surface area (Å²) in [6.45, 7) is 3.04. The van der Waals surface area contributed by atoms with Crippen molar-refractivity contribution < 1.29 is 9.63 Å². The predicted octanol–water partition coefficient (Wildman–Crippen LogP) is 1.50. The van der Waals surface area contributed by atoms with Gasteiger partial charge >= 0.3 is 0 Å². The lowest BCUT2D eigenvalue weighted by Gasteiger charge is -2.15. The van der Waals surface area contributed by atoms with Crippen molar-refractivity contribution in [2.75, 3.05) is 6.54 Å². The number of amides is 1. The first kappa shape index (κ1) is 15.6. The molecule has 0 fully saturated rings. The maximum Gasteiger partial charge on any atom is 0.238 e. The lowest BCUT2D eigenvalue weighted by atomic mass is 10.0. The quantitative estimate of drug-likeness (QED) is 0.274. The summed E-state index contributed by atoms with van der Waals surface area (Å²) in [7, 11) is 0. The third-order valence-corrected chi connectivity index (χ3v) is 2.93. The van der Waals surface area contributed by atoms with Crippen molar-refractivity contribution in [3.63, 3.8) is 0 Å². The molecule has 1 rings (SSSR count). The van der Waals surface area contributed by atoms with E-state index in [4.69, 9.17) is 10.7 Å². The van der Waals surface area contributed by atoms with E-state index >= 15 is 0 Å². The van der Waals surface area contributed by atoms with Crippen LogP contribution < -0.4 is 16.7 Å². The molecule has 1 unspecified atom stereocenters. The van der Waals surface area contributed by atoms with Crippen LogP contribution in [0.15, 0.2) is 30.3 Å². The molecular weight excluding hydrogens is 242 g/mol. The molecule has 0 aromatic heterocycles. The minimum atomic E-state index is -0.152. The van der Waals surface area contributed by atoms with Gasteiger partial charge in [-0.25, -0.2) is 11.3 Å². The number of rotatable bonds is 9. The first-order chi connectivity index (χ1) is 9.27. The van der Waals surface area contributed by atoms with Gasteiger partial charge in [-0.3, -0.25) is 15.1 Å². The Kier molecular flexibility index (Phi) is 7.81. The normalized spacial score (nSPS) is 12.1. The van der Waals surface area contributed by atoms with Gasteiger partial charge in [0.15, 0.2) is 0 Å². The van der Waals surface area contributed by atoms with Crippen molar-refractivity contribution in [1.29, 1.82) is 0 Å². The maximum absolute atomic E-state index is 11.6. The Labute approximate surface area is 114 Å². The van der Waals surface area contributed by atoms with Crippen LogP contribution in [0, 0.1) is 5.92 Å². The highest BCUT2D eigenvalue weighted by molar-refractivity contribution is 5.78. The van der Waals surface area contributed by atoms with Crippen LogP contribution in [0.1, 0.15) is 31.7 Å². The van der Waals surface area contributed by atoms with E-state index in [0.717, 1.165) is 24.8 Å². The molecule has 0 saturated heterocycles. The summed E-state index contributed by atoms with van der Waals surface area (Å²) in [5, 5.41) is 0. The van der Waals surface area contributed by atoms with Crippen LogP contribution in [0.25, 0.3) is 0 Å². The zero-order chi connectivity index (χ0) is 13.9. The third-order valence-electron chi connectivity index (χ3n) is 2.93. The number of carbonyl (C=O) groups excluding carboxylic acids is 1. The van der Waals surface area contributed by atoms with Crippen LogP contribution in [-0.4, -0.2) is 12.5 Å². The average Bonchev–Trinajstić information content (AvgIpc) is 2.47. The highest BCUT2D eigenvalue weighted by Gasteiger charge is 2.16. The summed E-state index contributed by atoms with van der Waals surface area (Å²) >= 11 is 0. The third kappa shape index (κ3) is 6.33. The SMILES string of the molecule is CCCCC(CNOCc1ccccc1)C(=O)NN. The van der Waals surface area contributed by atoms with Crippen molar-refractivity contribution in [1.82, 2.24) is 10.9 Å². The predicted molar refractivity (Wildman–Crippen MR) is 74.6 cm³/mol. The summed E-state index contributed by atoms with van der Waals surface area (Å²) in [6.07, 6.45) is 2.86. The molecule has 5 heteroatoms. The standard InChI is InChI=1S/C14H23N3O2/c1-2-3-9-13(14(18)17-15)10-16-19-11-12-7-5-4-6-8-12/h4-8,13,16H,2-3,9-11,15H2,1H3,(H,17,18). The van der Waals surface area contributed by atoms with Crippen LogP contribution in [-0.2, 0) is 16.2 Å². The van der Waals surface area contributed by atoms with Crippen molar-refractivity contribution in [2.24, 2.45) is 11.8 Å². The molecule has 0 aliphatic carbocycles. The van der Waals surface area contributed by atoms with Crippen LogP contribution >= 0.6 is 0 Å². The molecular formula is C14H23N3O2. The van der Waals surface area contributed by atoms with Crippen LogP contribution in [0.4, 0.5) is 0 Å². The van der Waals surface area contributed by atoms with Gasteiger partial charge in [0, 0.05) is 6.54 Å². The van der Waals surface area contributed by atoms with E-state index < -0.39 is 0 Å². The molecule has 4 N–H and O–H groups in total. The van der Waals surface area contributed by atoms with Gasteiger partial charge in [-0.1, -0.05) is 50.1 Å². The zero-order valence-corrected chi connectivity index (χ0v) is 11.4. The fourth-order valence-corrected chi connectivity index (χ4v) is 1.76. The number of hydrogen-bond donors (Lipinski definition) is 3. The van der Waals surface area contributed by atoms with Crippen molar-refractivity contribution in [3.8, 4) is 0 Å². The minimum Gasteiger partial charge on any atom is -0.297 e. The van der Waals surface area contributed by atoms with E-state index in [1.165, 1.54) is 0 Å². The Morgan fingerprint density at radius 1 is 1.37 bits per heavy atom. The van der Waals surface area contributed by atoms with Crippen molar-refractivity contribution >= 4 is 5.91 Å². The molecule has 0 aliphatic heterocycles. The Morgan fingerprint density at radius 3 is 2.74 bits per heavy atom. The summed E-state index contributed by atoms with van der Waals surface area (Å²) in [4.78, 5) is 16.9. The summed E-state index contributed by atoms with van der Waals surface area (Å²) in [5.41, 5.74) is 6.13. The number of hydrogen-bond acceptors (Lipinski definition) is 4. The van der Waals surface area contributed by atoms with Gasteiger partial charge in [0.2, 0.25) is 5.91 Å². The number of unbranched alkanes of at least 4 members (excludes halogenated alkanes) is 1. The first-order valence-corrected chi connectivity index (χ1v) is 6.67. The number of nitrogens with two attached hydrogens (primary N) is 1. The molecule has 0 heterocycles. The minimum absolute atomic E-state index is 0.149.